The number of likely N-dealkylation sites (N-methyl/N-ethyl adjacent to an activating group) is 1. The van der Waals surface area contributed by atoms with E-state index in [1.807, 2.05) is 0 Å². The summed E-state index contributed by atoms with van der Waals surface area (Å²) >= 11 is 0. The Bertz CT molecular complexity index is 395. The van der Waals surface area contributed by atoms with Crippen LogP contribution in [0.25, 0.3) is 0 Å². The first-order chi connectivity index (χ1) is 8.78. The Morgan fingerprint density at radius 1 is 1.26 bits per heavy atom. The Labute approximate surface area is 110 Å². The van der Waals surface area contributed by atoms with Crippen LogP contribution in [0.1, 0.15) is 12.5 Å². The zero-order valence-electron chi connectivity index (χ0n) is 11.1. The van der Waals surface area contributed by atoms with E-state index in [0.717, 1.165) is 17.4 Å². The molecule has 108 valence electrons. The molecule has 0 amide bonds. The highest BCUT2D eigenvalue weighted by atomic mass is 19.3. The van der Waals surface area contributed by atoms with Gasteiger partial charge in [0.15, 0.2) is 11.9 Å². The second-order valence-corrected chi connectivity index (χ2v) is 4.63. The van der Waals surface area contributed by atoms with Gasteiger partial charge >= 0.3 is 0 Å². The Kier molecular flexibility index (Phi) is 5.20. The van der Waals surface area contributed by atoms with Crippen LogP contribution in [0, 0.1) is 0 Å². The van der Waals surface area contributed by atoms with Crippen LogP contribution in [0.5, 0.6) is 5.75 Å². The fourth-order valence-electron chi connectivity index (χ4n) is 1.65. The summed E-state index contributed by atoms with van der Waals surface area (Å²) in [6, 6.07) is 6.81. The quantitative estimate of drug-likeness (QED) is 0.811. The van der Waals surface area contributed by atoms with Crippen LogP contribution in [-0.4, -0.2) is 42.5 Å². The first kappa shape index (κ1) is 15.8. The van der Waals surface area contributed by atoms with Gasteiger partial charge in [-0.1, -0.05) is 12.1 Å². The second kappa shape index (κ2) is 6.25. The third kappa shape index (κ3) is 3.84. The van der Waals surface area contributed by atoms with E-state index in [1.54, 1.807) is 24.3 Å². The van der Waals surface area contributed by atoms with Crippen LogP contribution >= 0.6 is 0 Å². The number of benzene rings is 1. The number of alkyl halides is 3. The van der Waals surface area contributed by atoms with Gasteiger partial charge in [0.05, 0.1) is 7.11 Å². The van der Waals surface area contributed by atoms with E-state index < -0.39 is 18.3 Å². The van der Waals surface area contributed by atoms with Gasteiger partial charge in [-0.3, -0.25) is 4.90 Å². The zero-order chi connectivity index (χ0) is 14.6. The van der Waals surface area contributed by atoms with Crippen molar-refractivity contribution in [3.8, 4) is 5.75 Å². The lowest BCUT2D eigenvalue weighted by Crippen LogP contribution is -2.51. The van der Waals surface area contributed by atoms with E-state index in [-0.39, 0.29) is 6.54 Å². The molecule has 0 saturated heterocycles. The molecule has 2 atom stereocenters. The molecule has 0 bridgehead atoms. The van der Waals surface area contributed by atoms with Crippen LogP contribution in [-0.2, 0) is 6.54 Å². The van der Waals surface area contributed by atoms with Crippen molar-refractivity contribution in [2.24, 2.45) is 0 Å². The van der Waals surface area contributed by atoms with Crippen molar-refractivity contribution in [2.45, 2.75) is 31.8 Å². The van der Waals surface area contributed by atoms with Crippen molar-refractivity contribution < 1.29 is 23.0 Å². The number of hydrogen-bond donors (Lipinski definition) is 1. The first-order valence-corrected chi connectivity index (χ1v) is 5.76. The maximum Gasteiger partial charge on any atom is 0.270 e. The second-order valence-electron chi connectivity index (χ2n) is 4.63. The summed E-state index contributed by atoms with van der Waals surface area (Å²) in [5.41, 5.74) is -1.96. The highest BCUT2D eigenvalue weighted by molar-refractivity contribution is 5.27. The van der Waals surface area contributed by atoms with Gasteiger partial charge in [0, 0.05) is 6.54 Å². The summed E-state index contributed by atoms with van der Waals surface area (Å²) in [6.07, 6.45) is -5.31. The topological polar surface area (TPSA) is 32.7 Å². The fraction of sp³-hybridized carbons (Fsp3) is 0.538. The summed E-state index contributed by atoms with van der Waals surface area (Å²) in [4.78, 5) is 1.04. The van der Waals surface area contributed by atoms with Crippen LogP contribution in [0.15, 0.2) is 24.3 Å². The van der Waals surface area contributed by atoms with Gasteiger partial charge in [0.25, 0.3) is 6.43 Å². The molecule has 0 aromatic heterocycles. The summed E-state index contributed by atoms with van der Waals surface area (Å²) in [6.45, 7) is 0.890. The molecule has 3 nitrogen and oxygen atoms in total. The smallest absolute Gasteiger partial charge is 0.270 e. The molecule has 1 aromatic rings. The lowest BCUT2D eigenvalue weighted by Gasteiger charge is -2.32. The molecule has 0 spiro atoms. The van der Waals surface area contributed by atoms with Crippen LogP contribution in [0.3, 0.4) is 0 Å². The van der Waals surface area contributed by atoms with E-state index in [0.29, 0.717) is 5.75 Å². The number of rotatable bonds is 6. The Balaban J connectivity index is 2.70. The molecule has 0 aliphatic rings. The highest BCUT2D eigenvalue weighted by Gasteiger charge is 2.43. The number of ether oxygens (including phenoxy) is 1. The number of nitrogens with zero attached hydrogens (tertiary/aromatic N) is 1. The molecule has 1 aromatic carbocycles. The van der Waals surface area contributed by atoms with Crippen molar-refractivity contribution >= 4 is 0 Å². The van der Waals surface area contributed by atoms with Crippen LogP contribution in [0.4, 0.5) is 13.2 Å². The molecular weight excluding hydrogens is 259 g/mol. The summed E-state index contributed by atoms with van der Waals surface area (Å²) < 4.78 is 43.9. The van der Waals surface area contributed by atoms with Crippen molar-refractivity contribution in [3.05, 3.63) is 29.8 Å². The lowest BCUT2D eigenvalue weighted by molar-refractivity contribution is -0.167. The molecule has 6 heteroatoms. The third-order valence-corrected chi connectivity index (χ3v) is 2.90. The molecule has 0 radical (unpaired) electrons. The van der Waals surface area contributed by atoms with Crippen molar-refractivity contribution in [1.29, 1.82) is 0 Å². The van der Waals surface area contributed by atoms with Crippen molar-refractivity contribution in [3.63, 3.8) is 0 Å². The van der Waals surface area contributed by atoms with Gasteiger partial charge in [-0.15, -0.1) is 0 Å². The number of aliphatic hydroxyl groups is 1. The molecule has 1 N–H and O–H groups in total. The van der Waals surface area contributed by atoms with Gasteiger partial charge < -0.3 is 9.84 Å². The Morgan fingerprint density at radius 2 is 1.79 bits per heavy atom. The molecule has 0 heterocycles. The minimum Gasteiger partial charge on any atom is -0.497 e. The standard InChI is InChI=1S/C13H18F3NO2/c1-13(18,11(14)15)12(16)17(2)8-9-4-6-10(19-3)7-5-9/h4-7,11-12,18H,8H2,1-3H3. The summed E-state index contributed by atoms with van der Waals surface area (Å²) in [7, 11) is 2.87. The predicted molar refractivity (Wildman–Crippen MR) is 66.0 cm³/mol. The van der Waals surface area contributed by atoms with Gasteiger partial charge in [-0.25, -0.2) is 13.2 Å². The summed E-state index contributed by atoms with van der Waals surface area (Å²) in [5, 5.41) is 9.40. The molecule has 2 unspecified atom stereocenters. The molecule has 0 aliphatic heterocycles. The largest absolute Gasteiger partial charge is 0.497 e. The SMILES string of the molecule is COc1ccc(CN(C)C(F)C(C)(O)C(F)F)cc1. The molecular formula is C13H18F3NO2. The number of hydrogen-bond acceptors (Lipinski definition) is 3. The lowest BCUT2D eigenvalue weighted by atomic mass is 10.1. The molecule has 0 saturated carbocycles. The van der Waals surface area contributed by atoms with Gasteiger partial charge in [0.2, 0.25) is 0 Å². The van der Waals surface area contributed by atoms with Crippen LogP contribution < -0.4 is 4.74 Å². The number of methoxy groups -OCH3 is 1. The van der Waals surface area contributed by atoms with Crippen LogP contribution in [0.2, 0.25) is 0 Å². The van der Waals surface area contributed by atoms with E-state index in [9.17, 15) is 18.3 Å². The summed E-state index contributed by atoms with van der Waals surface area (Å²) in [5.74, 6) is 0.655. The molecule has 0 fully saturated rings. The van der Waals surface area contributed by atoms with Crippen molar-refractivity contribution in [1.82, 2.24) is 4.90 Å². The molecule has 0 aliphatic carbocycles. The fourth-order valence-corrected chi connectivity index (χ4v) is 1.65. The minimum atomic E-state index is -3.15. The van der Waals surface area contributed by atoms with E-state index in [1.165, 1.54) is 14.2 Å². The van der Waals surface area contributed by atoms with Gasteiger partial charge in [-0.05, 0) is 31.7 Å². The Hall–Kier alpha value is -1.27. The molecule has 19 heavy (non-hydrogen) atoms. The average Bonchev–Trinajstić information content (AvgIpc) is 2.38. The monoisotopic (exact) mass is 277 g/mol. The maximum absolute atomic E-state index is 13.8. The zero-order valence-corrected chi connectivity index (χ0v) is 11.1. The third-order valence-electron chi connectivity index (χ3n) is 2.90. The normalized spacial score (nSPS) is 16.5. The minimum absolute atomic E-state index is 0.105. The average molecular weight is 277 g/mol. The van der Waals surface area contributed by atoms with Gasteiger partial charge in [0.1, 0.15) is 5.75 Å². The van der Waals surface area contributed by atoms with Gasteiger partial charge in [-0.2, -0.15) is 0 Å². The first-order valence-electron chi connectivity index (χ1n) is 5.76. The van der Waals surface area contributed by atoms with Crippen molar-refractivity contribution in [2.75, 3.05) is 14.2 Å². The maximum atomic E-state index is 13.8. The molecule has 1 rings (SSSR count). The Morgan fingerprint density at radius 3 is 2.21 bits per heavy atom. The van der Waals surface area contributed by atoms with E-state index in [4.69, 9.17) is 4.74 Å². The highest BCUT2D eigenvalue weighted by Crippen LogP contribution is 2.25. The number of halogens is 3. The predicted octanol–water partition coefficient (Wildman–Crippen LogP) is 2.44. The van der Waals surface area contributed by atoms with E-state index >= 15 is 0 Å². The van der Waals surface area contributed by atoms with E-state index in [2.05, 4.69) is 0 Å².